The van der Waals surface area contributed by atoms with Crippen LogP contribution in [0.25, 0.3) is 0 Å². The van der Waals surface area contributed by atoms with Gasteiger partial charge < -0.3 is 10.1 Å². The lowest BCUT2D eigenvalue weighted by molar-refractivity contribution is -0.126. The predicted octanol–water partition coefficient (Wildman–Crippen LogP) is 2.59. The molecule has 1 amide bonds. The summed E-state index contributed by atoms with van der Waals surface area (Å²) in [5.74, 6) is 0.709. The van der Waals surface area contributed by atoms with Gasteiger partial charge in [0.05, 0.1) is 18.3 Å². The zero-order valence-electron chi connectivity index (χ0n) is 16.4. The number of nitrogens with one attached hydrogen (secondary N) is 1. The van der Waals surface area contributed by atoms with Crippen LogP contribution in [-0.2, 0) is 21.2 Å². The van der Waals surface area contributed by atoms with Crippen molar-refractivity contribution in [2.24, 2.45) is 5.92 Å². The van der Waals surface area contributed by atoms with Gasteiger partial charge in [0.15, 0.2) is 0 Å². The summed E-state index contributed by atoms with van der Waals surface area (Å²) < 4.78 is 31.3. The molecular weight excluding hydrogens is 364 g/mol. The van der Waals surface area contributed by atoms with E-state index in [4.69, 9.17) is 4.74 Å². The number of rotatable bonds is 10. The second-order valence-electron chi connectivity index (χ2n) is 6.95. The fourth-order valence-electron chi connectivity index (χ4n) is 3.29. The zero-order chi connectivity index (χ0) is 19.7. The summed E-state index contributed by atoms with van der Waals surface area (Å²) in [5.41, 5.74) is 1.15. The van der Waals surface area contributed by atoms with Crippen LogP contribution in [-0.4, -0.2) is 50.6 Å². The summed E-state index contributed by atoms with van der Waals surface area (Å²) in [4.78, 5) is 12.4. The van der Waals surface area contributed by atoms with Gasteiger partial charge in [-0.2, -0.15) is 0 Å². The number of sulfonamides is 1. The molecule has 0 radical (unpaired) electrons. The highest BCUT2D eigenvalue weighted by atomic mass is 32.2. The van der Waals surface area contributed by atoms with Crippen LogP contribution in [0.3, 0.4) is 0 Å². The minimum Gasteiger partial charge on any atom is -0.493 e. The molecule has 0 bridgehead atoms. The molecule has 1 fully saturated rings. The molecule has 0 spiro atoms. The average Bonchev–Trinajstić information content (AvgIpc) is 2.70. The molecule has 6 nitrogen and oxygen atoms in total. The molecule has 2 rings (SSSR count). The molecule has 152 valence electrons. The van der Waals surface area contributed by atoms with E-state index < -0.39 is 10.0 Å². The van der Waals surface area contributed by atoms with Crippen molar-refractivity contribution in [1.29, 1.82) is 0 Å². The second-order valence-corrected chi connectivity index (χ2v) is 9.21. The Morgan fingerprint density at radius 3 is 2.81 bits per heavy atom. The Balaban J connectivity index is 1.78. The Bertz CT molecular complexity index is 706. The fraction of sp³-hybridized carbons (Fsp3) is 0.650. The van der Waals surface area contributed by atoms with Gasteiger partial charge in [-0.3, -0.25) is 4.79 Å². The van der Waals surface area contributed by atoms with E-state index in [1.165, 1.54) is 4.31 Å². The average molecular weight is 397 g/mol. The maximum absolute atomic E-state index is 12.4. The minimum atomic E-state index is -3.22. The smallest absolute Gasteiger partial charge is 0.224 e. The highest BCUT2D eigenvalue weighted by molar-refractivity contribution is 7.89. The van der Waals surface area contributed by atoms with Gasteiger partial charge >= 0.3 is 0 Å². The summed E-state index contributed by atoms with van der Waals surface area (Å²) in [6.45, 7) is 5.83. The van der Waals surface area contributed by atoms with E-state index in [1.807, 2.05) is 18.2 Å². The van der Waals surface area contributed by atoms with Crippen molar-refractivity contribution in [3.05, 3.63) is 29.8 Å². The number of benzene rings is 1. The predicted molar refractivity (Wildman–Crippen MR) is 107 cm³/mol. The Kier molecular flexibility index (Phi) is 8.57. The summed E-state index contributed by atoms with van der Waals surface area (Å²) >= 11 is 0. The Hall–Kier alpha value is -1.60. The van der Waals surface area contributed by atoms with Gasteiger partial charge in [-0.1, -0.05) is 25.1 Å². The van der Waals surface area contributed by atoms with Crippen molar-refractivity contribution in [2.75, 3.05) is 32.0 Å². The van der Waals surface area contributed by atoms with Gasteiger partial charge in [-0.05, 0) is 50.7 Å². The molecule has 1 saturated heterocycles. The van der Waals surface area contributed by atoms with Crippen LogP contribution in [0.1, 0.15) is 45.1 Å². The third-order valence-electron chi connectivity index (χ3n) is 4.87. The van der Waals surface area contributed by atoms with Crippen molar-refractivity contribution in [1.82, 2.24) is 9.62 Å². The van der Waals surface area contributed by atoms with E-state index in [2.05, 4.69) is 18.3 Å². The van der Waals surface area contributed by atoms with Crippen LogP contribution in [0.15, 0.2) is 24.3 Å². The minimum absolute atomic E-state index is 0.0403. The first-order valence-corrected chi connectivity index (χ1v) is 11.5. The first kappa shape index (κ1) is 21.7. The quantitative estimate of drug-likeness (QED) is 0.617. The highest BCUT2D eigenvalue weighted by Gasteiger charge is 2.31. The number of carbonyl (C=O) groups excluding carboxylic acids is 1. The van der Waals surface area contributed by atoms with E-state index in [1.54, 1.807) is 6.92 Å². The Labute approximate surface area is 163 Å². The van der Waals surface area contributed by atoms with Crippen molar-refractivity contribution in [3.63, 3.8) is 0 Å². The van der Waals surface area contributed by atoms with Crippen molar-refractivity contribution >= 4 is 15.9 Å². The molecule has 0 aliphatic carbocycles. The number of aryl methyl sites for hydroxylation is 1. The molecular formula is C20H32N2O4S. The van der Waals surface area contributed by atoms with Gasteiger partial charge in [0.2, 0.25) is 15.9 Å². The van der Waals surface area contributed by atoms with E-state index in [9.17, 15) is 13.2 Å². The van der Waals surface area contributed by atoms with Crippen LogP contribution in [0.5, 0.6) is 5.75 Å². The maximum Gasteiger partial charge on any atom is 0.224 e. The van der Waals surface area contributed by atoms with Crippen molar-refractivity contribution in [2.45, 2.75) is 46.0 Å². The standard InChI is InChI=1S/C20H32N2O4S/c1-3-15-26-19-12-6-5-9-17(19)10-7-13-21-20(23)18-11-8-14-22(16-18)27(24,25)4-2/h5-6,9,12,18H,3-4,7-8,10-11,13-16H2,1-2H3,(H,21,23)/t18-/m0/s1. The Morgan fingerprint density at radius 2 is 2.07 bits per heavy atom. The summed E-state index contributed by atoms with van der Waals surface area (Å²) in [5, 5.41) is 2.97. The van der Waals surface area contributed by atoms with Gasteiger partial charge in [0, 0.05) is 19.6 Å². The highest BCUT2D eigenvalue weighted by Crippen LogP contribution is 2.21. The molecule has 1 atom stereocenters. The van der Waals surface area contributed by atoms with E-state index in [0.29, 0.717) is 26.2 Å². The number of piperidine rings is 1. The molecule has 1 aromatic carbocycles. The first-order chi connectivity index (χ1) is 13.0. The number of ether oxygens (including phenoxy) is 1. The number of carbonyl (C=O) groups is 1. The zero-order valence-corrected chi connectivity index (χ0v) is 17.3. The SMILES string of the molecule is CCCOc1ccccc1CCCNC(=O)[C@H]1CCCN(S(=O)(=O)CC)C1. The van der Waals surface area contributed by atoms with Gasteiger partial charge in [0.25, 0.3) is 0 Å². The third-order valence-corrected chi connectivity index (χ3v) is 6.72. The van der Waals surface area contributed by atoms with Crippen molar-refractivity contribution in [3.8, 4) is 5.75 Å². The monoisotopic (exact) mass is 396 g/mol. The number of amides is 1. The van der Waals surface area contributed by atoms with Crippen LogP contribution in [0, 0.1) is 5.92 Å². The molecule has 0 saturated carbocycles. The lowest BCUT2D eigenvalue weighted by Crippen LogP contribution is -2.46. The molecule has 1 aliphatic heterocycles. The van der Waals surface area contributed by atoms with Gasteiger partial charge in [-0.15, -0.1) is 0 Å². The van der Waals surface area contributed by atoms with Crippen molar-refractivity contribution < 1.29 is 17.9 Å². The lowest BCUT2D eigenvalue weighted by Gasteiger charge is -2.30. The summed E-state index contributed by atoms with van der Waals surface area (Å²) in [6.07, 6.45) is 4.11. The number of hydrogen-bond donors (Lipinski definition) is 1. The second kappa shape index (κ2) is 10.7. The van der Waals surface area contributed by atoms with E-state index in [-0.39, 0.29) is 17.6 Å². The fourth-order valence-corrected chi connectivity index (χ4v) is 4.47. The third kappa shape index (κ3) is 6.50. The molecule has 1 aliphatic rings. The molecule has 1 N–H and O–H groups in total. The maximum atomic E-state index is 12.4. The lowest BCUT2D eigenvalue weighted by atomic mass is 9.99. The molecule has 0 aromatic heterocycles. The largest absolute Gasteiger partial charge is 0.493 e. The van der Waals surface area contributed by atoms with Crippen LogP contribution in [0.2, 0.25) is 0 Å². The molecule has 1 heterocycles. The topological polar surface area (TPSA) is 75.7 Å². The summed E-state index contributed by atoms with van der Waals surface area (Å²) in [7, 11) is -3.22. The van der Waals surface area contributed by atoms with E-state index in [0.717, 1.165) is 43.4 Å². The number of nitrogens with zero attached hydrogens (tertiary/aromatic N) is 1. The molecule has 7 heteroatoms. The van der Waals surface area contributed by atoms with Crippen LogP contribution < -0.4 is 10.1 Å². The van der Waals surface area contributed by atoms with Gasteiger partial charge in [-0.25, -0.2) is 12.7 Å². The number of hydrogen-bond acceptors (Lipinski definition) is 4. The molecule has 0 unspecified atom stereocenters. The molecule has 27 heavy (non-hydrogen) atoms. The Morgan fingerprint density at radius 1 is 1.30 bits per heavy atom. The van der Waals surface area contributed by atoms with Crippen LogP contribution >= 0.6 is 0 Å². The number of para-hydroxylation sites is 1. The normalized spacial score (nSPS) is 18.2. The van der Waals surface area contributed by atoms with Gasteiger partial charge in [0.1, 0.15) is 5.75 Å². The van der Waals surface area contributed by atoms with Crippen LogP contribution in [0.4, 0.5) is 0 Å². The first-order valence-electron chi connectivity index (χ1n) is 9.94. The summed E-state index contributed by atoms with van der Waals surface area (Å²) in [6, 6.07) is 8.00. The van der Waals surface area contributed by atoms with E-state index >= 15 is 0 Å². The molecule has 1 aromatic rings.